The van der Waals surface area contributed by atoms with Gasteiger partial charge in [0.15, 0.2) is 0 Å². The van der Waals surface area contributed by atoms with Crippen molar-refractivity contribution in [2.45, 2.75) is 0 Å². The maximum atomic E-state index is 6.76. The van der Waals surface area contributed by atoms with E-state index in [9.17, 15) is 0 Å². The van der Waals surface area contributed by atoms with Gasteiger partial charge in [-0.05, 0) is 81.4 Å². The second kappa shape index (κ2) is 15.2. The molecule has 0 bridgehead atoms. The number of benzene rings is 9. The fourth-order valence-electron chi connectivity index (χ4n) is 9.17. The maximum absolute atomic E-state index is 6.76. The predicted molar refractivity (Wildman–Crippen MR) is 255 cm³/mol. The number of para-hydroxylation sites is 3. The van der Waals surface area contributed by atoms with Crippen LogP contribution in [0.1, 0.15) is 5.56 Å². The van der Waals surface area contributed by atoms with Gasteiger partial charge in [-0.15, -0.1) is 0 Å². The number of fused-ring (bicyclic) bond motifs is 8. The number of ether oxygens (including phenoxy) is 1. The minimum absolute atomic E-state index is 0.719. The van der Waals surface area contributed by atoms with Crippen molar-refractivity contribution in [1.29, 1.82) is 0 Å². The van der Waals surface area contributed by atoms with E-state index in [-0.39, 0.29) is 0 Å². The van der Waals surface area contributed by atoms with Crippen molar-refractivity contribution in [3.8, 4) is 67.4 Å². The van der Waals surface area contributed by atoms with Gasteiger partial charge in [0.25, 0.3) is 6.33 Å². The highest BCUT2D eigenvalue weighted by molar-refractivity contribution is 6.20. The summed E-state index contributed by atoms with van der Waals surface area (Å²) in [6, 6.07) is 76.4. The molecule has 0 spiro atoms. The number of nitrogens with zero attached hydrogens (tertiary/aromatic N) is 4. The SMILES string of the molecule is [c-]1n(-c2cccc(Oc3ccc4c5ccccc5n(C5=Nc6ccccc6-c6ccccc6-c6ccccc65)c4c3)c2)cc[n+]1-c1c(-c2ccccc2)cccc1-c1ccccc1. The lowest BCUT2D eigenvalue weighted by Gasteiger charge is -2.21. The summed E-state index contributed by atoms with van der Waals surface area (Å²) < 4.78 is 13.2. The van der Waals surface area contributed by atoms with Crippen LogP contribution in [0, 0.1) is 6.33 Å². The average molecular weight is 807 g/mol. The van der Waals surface area contributed by atoms with Crippen molar-refractivity contribution in [2.75, 3.05) is 0 Å². The molecule has 9 aromatic carbocycles. The lowest BCUT2D eigenvalue weighted by atomic mass is 9.89. The zero-order valence-electron chi connectivity index (χ0n) is 34.1. The van der Waals surface area contributed by atoms with E-state index in [0.717, 1.165) is 95.1 Å². The Balaban J connectivity index is 0.952. The topological polar surface area (TPSA) is 35.3 Å². The van der Waals surface area contributed by atoms with E-state index in [0.29, 0.717) is 0 Å². The first-order valence-corrected chi connectivity index (χ1v) is 21.2. The Hall–Kier alpha value is -8.54. The Morgan fingerprint density at radius 1 is 0.429 bits per heavy atom. The fourth-order valence-corrected chi connectivity index (χ4v) is 9.17. The van der Waals surface area contributed by atoms with Gasteiger partial charge in [0, 0.05) is 40.4 Å². The van der Waals surface area contributed by atoms with Gasteiger partial charge in [0.1, 0.15) is 17.3 Å². The third kappa shape index (κ3) is 6.34. The van der Waals surface area contributed by atoms with Gasteiger partial charge in [-0.1, -0.05) is 170 Å². The molecule has 0 N–H and O–H groups in total. The highest BCUT2D eigenvalue weighted by Gasteiger charge is 2.24. The standard InChI is InChI=1S/C58H38N4O/c1-3-17-40(18-4-1)45-29-16-30-46(41-19-5-2-6-20-41)57(45)61-36-35-60(39-61)42-21-15-22-43(37-42)63-44-33-34-52-51-27-12-14-32-55(51)62(56(52)38-44)58-53-28-10-9-25-49(53)47-23-7-8-24-48(47)50-26-11-13-31-54(50)59-58/h1-38H. The van der Waals surface area contributed by atoms with E-state index in [2.05, 4.69) is 228 Å². The Morgan fingerprint density at radius 2 is 0.984 bits per heavy atom. The highest BCUT2D eigenvalue weighted by atomic mass is 16.5. The molecular formula is C58H38N4O. The van der Waals surface area contributed by atoms with Crippen LogP contribution in [0.15, 0.2) is 236 Å². The number of hydrogen-bond acceptors (Lipinski definition) is 2. The molecule has 0 saturated carbocycles. The molecule has 0 amide bonds. The molecule has 5 nitrogen and oxygen atoms in total. The zero-order valence-corrected chi connectivity index (χ0v) is 34.1. The van der Waals surface area contributed by atoms with E-state index in [1.165, 1.54) is 11.1 Å². The number of hydrogen-bond donors (Lipinski definition) is 0. The molecule has 5 heteroatoms. The second-order valence-electron chi connectivity index (χ2n) is 15.7. The van der Waals surface area contributed by atoms with Crippen molar-refractivity contribution in [3.05, 3.63) is 243 Å². The minimum atomic E-state index is 0.719. The molecule has 0 aliphatic carbocycles. The first-order chi connectivity index (χ1) is 31.2. The molecule has 0 unspecified atom stereocenters. The van der Waals surface area contributed by atoms with Crippen LogP contribution >= 0.6 is 0 Å². The quantitative estimate of drug-likeness (QED) is 0.122. The summed E-state index contributed by atoms with van der Waals surface area (Å²) in [4.78, 5) is 5.54. The summed E-state index contributed by atoms with van der Waals surface area (Å²) in [5.74, 6) is 2.31. The second-order valence-corrected chi connectivity index (χ2v) is 15.7. The lowest BCUT2D eigenvalue weighted by Crippen LogP contribution is -2.30. The molecular weight excluding hydrogens is 769 g/mol. The van der Waals surface area contributed by atoms with Crippen LogP contribution in [-0.2, 0) is 0 Å². The number of aromatic nitrogens is 3. The van der Waals surface area contributed by atoms with Crippen LogP contribution in [0.4, 0.5) is 5.69 Å². The van der Waals surface area contributed by atoms with Gasteiger partial charge in [-0.2, -0.15) is 0 Å². The van der Waals surface area contributed by atoms with Crippen LogP contribution in [-0.4, -0.2) is 15.0 Å². The molecule has 1 aliphatic rings. The van der Waals surface area contributed by atoms with Crippen molar-refractivity contribution in [1.82, 2.24) is 9.13 Å². The molecule has 0 fully saturated rings. The molecule has 11 aromatic rings. The number of rotatable bonds is 6. The van der Waals surface area contributed by atoms with Crippen LogP contribution < -0.4 is 9.30 Å². The fraction of sp³-hybridized carbons (Fsp3) is 0. The molecule has 3 heterocycles. The largest absolute Gasteiger partial charge is 0.458 e. The molecule has 0 saturated heterocycles. The first-order valence-electron chi connectivity index (χ1n) is 21.2. The first kappa shape index (κ1) is 36.3. The smallest absolute Gasteiger partial charge is 0.268 e. The molecule has 1 aliphatic heterocycles. The lowest BCUT2D eigenvalue weighted by molar-refractivity contribution is -0.598. The van der Waals surface area contributed by atoms with Gasteiger partial charge >= 0.3 is 0 Å². The van der Waals surface area contributed by atoms with Gasteiger partial charge in [0.05, 0.1) is 28.1 Å². The van der Waals surface area contributed by atoms with E-state index >= 15 is 0 Å². The van der Waals surface area contributed by atoms with Gasteiger partial charge < -0.3 is 4.74 Å². The van der Waals surface area contributed by atoms with E-state index < -0.39 is 0 Å². The Labute approximate surface area is 365 Å². The summed E-state index contributed by atoms with van der Waals surface area (Å²) >= 11 is 0. The van der Waals surface area contributed by atoms with Crippen LogP contribution in [0.25, 0.3) is 77.7 Å². The average Bonchev–Trinajstić information content (AvgIpc) is 3.97. The van der Waals surface area contributed by atoms with Gasteiger partial charge in [-0.3, -0.25) is 13.7 Å². The Kier molecular flexibility index (Phi) is 8.75. The number of imidazole rings is 1. The Bertz CT molecular complexity index is 3490. The Morgan fingerprint density at radius 3 is 1.73 bits per heavy atom. The third-order valence-corrected chi connectivity index (χ3v) is 12.0. The predicted octanol–water partition coefficient (Wildman–Crippen LogP) is 14.1. The molecule has 0 atom stereocenters. The summed E-state index contributed by atoms with van der Waals surface area (Å²) in [6.45, 7) is 0. The summed E-state index contributed by atoms with van der Waals surface area (Å²) in [5, 5.41) is 2.28. The molecule has 296 valence electrons. The van der Waals surface area contributed by atoms with Gasteiger partial charge in [-0.25, -0.2) is 4.99 Å². The van der Waals surface area contributed by atoms with E-state index in [1.807, 2.05) is 22.9 Å². The maximum Gasteiger partial charge on any atom is 0.268 e. The van der Waals surface area contributed by atoms with Gasteiger partial charge in [0.2, 0.25) is 0 Å². The zero-order chi connectivity index (χ0) is 41.7. The molecule has 12 rings (SSSR count). The van der Waals surface area contributed by atoms with Crippen LogP contribution in [0.2, 0.25) is 0 Å². The van der Waals surface area contributed by atoms with Crippen LogP contribution in [0.3, 0.4) is 0 Å². The van der Waals surface area contributed by atoms with E-state index in [1.54, 1.807) is 0 Å². The van der Waals surface area contributed by atoms with Crippen molar-refractivity contribution in [3.63, 3.8) is 0 Å². The normalized spacial score (nSPS) is 11.9. The molecule has 63 heavy (non-hydrogen) atoms. The van der Waals surface area contributed by atoms with Crippen molar-refractivity contribution < 1.29 is 9.30 Å². The minimum Gasteiger partial charge on any atom is -0.458 e. The summed E-state index contributed by atoms with van der Waals surface area (Å²) in [6.07, 6.45) is 7.75. The molecule has 0 radical (unpaired) electrons. The highest BCUT2D eigenvalue weighted by Crippen LogP contribution is 2.43. The summed E-state index contributed by atoms with van der Waals surface area (Å²) in [5.41, 5.74) is 15.2. The molecule has 2 aromatic heterocycles. The summed E-state index contributed by atoms with van der Waals surface area (Å²) in [7, 11) is 0. The van der Waals surface area contributed by atoms with Crippen molar-refractivity contribution in [2.24, 2.45) is 4.99 Å². The van der Waals surface area contributed by atoms with E-state index in [4.69, 9.17) is 9.73 Å². The monoisotopic (exact) mass is 806 g/mol. The third-order valence-electron chi connectivity index (χ3n) is 12.0. The van der Waals surface area contributed by atoms with Crippen molar-refractivity contribution >= 4 is 33.3 Å². The number of aliphatic imine (C=N–C) groups is 1. The van der Waals surface area contributed by atoms with Crippen LogP contribution in [0.5, 0.6) is 11.5 Å².